The second kappa shape index (κ2) is 8.94. The summed E-state index contributed by atoms with van der Waals surface area (Å²) in [5, 5.41) is 1.28. The number of alkyl halides is 3. The number of hydrogen-bond donors (Lipinski definition) is 1. The van der Waals surface area contributed by atoms with Crippen LogP contribution in [-0.2, 0) is 21.0 Å². The Kier molecular flexibility index (Phi) is 6.77. The first-order valence-electron chi connectivity index (χ1n) is 9.89. The SMILES string of the molecule is CC(C)(C)N1C(=O)C(=NCCNc2ncc(C(F)(F)F)cc2Cl)C(c2ccccc2)S1(=O)=O. The van der Waals surface area contributed by atoms with E-state index in [0.717, 1.165) is 10.4 Å². The third-order valence-electron chi connectivity index (χ3n) is 4.77. The summed E-state index contributed by atoms with van der Waals surface area (Å²) in [7, 11) is -4.06. The first kappa shape index (κ1) is 25.0. The molecule has 2 aromatic rings. The van der Waals surface area contributed by atoms with E-state index < -0.39 is 38.5 Å². The molecule has 0 aliphatic carbocycles. The molecule has 1 aliphatic rings. The fourth-order valence-electron chi connectivity index (χ4n) is 3.45. The van der Waals surface area contributed by atoms with Crippen LogP contribution in [0.15, 0.2) is 47.6 Å². The van der Waals surface area contributed by atoms with Crippen LogP contribution in [0.25, 0.3) is 0 Å². The van der Waals surface area contributed by atoms with Crippen molar-refractivity contribution in [1.82, 2.24) is 9.29 Å². The fourth-order valence-corrected chi connectivity index (χ4v) is 5.94. The van der Waals surface area contributed by atoms with E-state index in [1.807, 2.05) is 0 Å². The molecule has 0 bridgehead atoms. The van der Waals surface area contributed by atoms with Crippen molar-refractivity contribution in [3.8, 4) is 0 Å². The number of pyridine rings is 1. The van der Waals surface area contributed by atoms with Gasteiger partial charge in [-0.25, -0.2) is 17.7 Å². The number of anilines is 1. The van der Waals surface area contributed by atoms with E-state index >= 15 is 0 Å². The summed E-state index contributed by atoms with van der Waals surface area (Å²) in [6.45, 7) is 4.89. The molecule has 0 radical (unpaired) electrons. The van der Waals surface area contributed by atoms with Gasteiger partial charge in [-0.1, -0.05) is 41.9 Å². The van der Waals surface area contributed by atoms with Crippen LogP contribution >= 0.6 is 11.6 Å². The maximum Gasteiger partial charge on any atom is 0.417 e. The molecule has 1 saturated heterocycles. The Bertz CT molecular complexity index is 1180. The van der Waals surface area contributed by atoms with Crippen LogP contribution in [0.2, 0.25) is 5.02 Å². The molecule has 3 rings (SSSR count). The smallest absolute Gasteiger partial charge is 0.367 e. The fraction of sp³-hybridized carbons (Fsp3) is 0.381. The van der Waals surface area contributed by atoms with Crippen LogP contribution in [0.1, 0.15) is 37.1 Å². The van der Waals surface area contributed by atoms with Crippen molar-refractivity contribution in [1.29, 1.82) is 0 Å². The van der Waals surface area contributed by atoms with Crippen molar-refractivity contribution in [2.24, 2.45) is 4.99 Å². The number of carbonyl (C=O) groups is 1. The standard InChI is InChI=1S/C21H22ClF3N4O3S/c1-20(2,3)29-19(30)16(17(33(29,31)32)13-7-5-4-6-8-13)26-9-10-27-18-15(22)11-14(12-28-18)21(23,24)25/h4-8,11-12,17H,9-10H2,1-3H3,(H,27,28). The topological polar surface area (TPSA) is 91.7 Å². The van der Waals surface area contributed by atoms with E-state index in [9.17, 15) is 26.4 Å². The highest BCUT2D eigenvalue weighted by Crippen LogP contribution is 2.38. The molecule has 1 aliphatic heterocycles. The van der Waals surface area contributed by atoms with Crippen molar-refractivity contribution >= 4 is 39.1 Å². The molecule has 2 heterocycles. The Morgan fingerprint density at radius 1 is 1.18 bits per heavy atom. The van der Waals surface area contributed by atoms with Gasteiger partial charge >= 0.3 is 6.18 Å². The zero-order chi connectivity index (χ0) is 24.6. The first-order valence-corrected chi connectivity index (χ1v) is 11.8. The van der Waals surface area contributed by atoms with Gasteiger partial charge in [-0.15, -0.1) is 0 Å². The molecule has 7 nitrogen and oxygen atoms in total. The van der Waals surface area contributed by atoms with Crippen LogP contribution in [-0.4, -0.2) is 48.0 Å². The summed E-state index contributed by atoms with van der Waals surface area (Å²) >= 11 is 5.87. The Hall–Kier alpha value is -2.66. The Morgan fingerprint density at radius 3 is 2.36 bits per heavy atom. The zero-order valence-electron chi connectivity index (χ0n) is 18.0. The van der Waals surface area contributed by atoms with E-state index in [1.165, 1.54) is 0 Å². The number of nitrogens with zero attached hydrogens (tertiary/aromatic N) is 3. The number of hydrogen-bond acceptors (Lipinski definition) is 6. The minimum Gasteiger partial charge on any atom is -0.367 e. The molecule has 1 N–H and O–H groups in total. The number of carbonyl (C=O) groups excluding carboxylic acids is 1. The predicted molar refractivity (Wildman–Crippen MR) is 120 cm³/mol. The van der Waals surface area contributed by atoms with Gasteiger partial charge in [0.05, 0.1) is 22.7 Å². The van der Waals surface area contributed by atoms with Crippen molar-refractivity contribution < 1.29 is 26.4 Å². The van der Waals surface area contributed by atoms with Crippen molar-refractivity contribution in [2.75, 3.05) is 18.4 Å². The highest BCUT2D eigenvalue weighted by Gasteiger charge is 2.54. The molecule has 0 saturated carbocycles. The van der Waals surface area contributed by atoms with Gasteiger partial charge in [0.2, 0.25) is 0 Å². The van der Waals surface area contributed by atoms with Crippen molar-refractivity contribution in [2.45, 2.75) is 37.7 Å². The van der Waals surface area contributed by atoms with Gasteiger partial charge in [0.1, 0.15) is 11.5 Å². The average Bonchev–Trinajstić information content (AvgIpc) is 2.90. The van der Waals surface area contributed by atoms with Gasteiger partial charge in [0, 0.05) is 12.7 Å². The lowest BCUT2D eigenvalue weighted by Crippen LogP contribution is -2.45. The Morgan fingerprint density at radius 2 is 1.82 bits per heavy atom. The minimum absolute atomic E-state index is 0.0196. The zero-order valence-corrected chi connectivity index (χ0v) is 19.6. The van der Waals surface area contributed by atoms with E-state index in [4.69, 9.17) is 11.6 Å². The maximum atomic E-state index is 13.3. The van der Waals surface area contributed by atoms with Crippen molar-refractivity contribution in [3.05, 3.63) is 58.7 Å². The lowest BCUT2D eigenvalue weighted by Gasteiger charge is -2.30. The van der Waals surface area contributed by atoms with Crippen LogP contribution in [0.4, 0.5) is 19.0 Å². The molecule has 1 aromatic carbocycles. The number of sulfonamides is 1. The van der Waals surface area contributed by atoms with E-state index in [-0.39, 0.29) is 29.6 Å². The molecule has 1 atom stereocenters. The summed E-state index contributed by atoms with van der Waals surface area (Å²) in [5.41, 5.74) is -1.68. The monoisotopic (exact) mass is 502 g/mol. The Labute approximate surface area is 194 Å². The Balaban J connectivity index is 1.84. The third-order valence-corrected chi connectivity index (χ3v) is 7.37. The van der Waals surface area contributed by atoms with Crippen LogP contribution in [0.5, 0.6) is 0 Å². The summed E-state index contributed by atoms with van der Waals surface area (Å²) in [6, 6.07) is 9.06. The van der Waals surface area contributed by atoms with Gasteiger partial charge in [-0.2, -0.15) is 13.2 Å². The largest absolute Gasteiger partial charge is 0.417 e. The number of rotatable bonds is 5. The summed E-state index contributed by atoms with van der Waals surface area (Å²) < 4.78 is 65.6. The molecular weight excluding hydrogens is 481 g/mol. The molecule has 1 fully saturated rings. The first-order chi connectivity index (χ1) is 15.2. The molecule has 1 amide bonds. The molecule has 1 unspecified atom stereocenters. The molecule has 33 heavy (non-hydrogen) atoms. The normalized spacial score (nSPS) is 19.8. The second-order valence-electron chi connectivity index (χ2n) is 8.32. The molecule has 1 aromatic heterocycles. The summed E-state index contributed by atoms with van der Waals surface area (Å²) in [6.07, 6.45) is -3.92. The summed E-state index contributed by atoms with van der Waals surface area (Å²) in [4.78, 5) is 21.0. The molecular formula is C21H22ClF3N4O3S. The van der Waals surface area contributed by atoms with Gasteiger partial charge in [0.15, 0.2) is 5.25 Å². The van der Waals surface area contributed by atoms with Gasteiger partial charge in [-0.05, 0) is 32.4 Å². The third kappa shape index (κ3) is 5.14. The number of amides is 1. The number of aliphatic imine (C=N–C) groups is 1. The number of halogens is 4. The van der Waals surface area contributed by atoms with E-state index in [0.29, 0.717) is 11.8 Å². The number of aromatic nitrogens is 1. The predicted octanol–water partition coefficient (Wildman–Crippen LogP) is 4.32. The maximum absolute atomic E-state index is 13.3. The number of benzene rings is 1. The van der Waals surface area contributed by atoms with E-state index in [1.54, 1.807) is 51.1 Å². The highest BCUT2D eigenvalue weighted by molar-refractivity contribution is 7.91. The minimum atomic E-state index is -4.57. The molecule has 178 valence electrons. The quantitative estimate of drug-likeness (QED) is 0.615. The highest BCUT2D eigenvalue weighted by atomic mass is 35.5. The van der Waals surface area contributed by atoms with Crippen molar-refractivity contribution in [3.63, 3.8) is 0 Å². The average molecular weight is 503 g/mol. The lowest BCUT2D eigenvalue weighted by atomic mass is 10.1. The van der Waals surface area contributed by atoms with Crippen LogP contribution in [0, 0.1) is 0 Å². The lowest BCUT2D eigenvalue weighted by molar-refractivity contribution is -0.137. The van der Waals surface area contributed by atoms with E-state index in [2.05, 4.69) is 15.3 Å². The van der Waals surface area contributed by atoms with Gasteiger partial charge < -0.3 is 5.32 Å². The van der Waals surface area contributed by atoms with Crippen LogP contribution < -0.4 is 5.32 Å². The number of nitrogens with one attached hydrogen (secondary N) is 1. The molecule has 12 heteroatoms. The van der Waals surface area contributed by atoms with Crippen LogP contribution in [0.3, 0.4) is 0 Å². The van der Waals surface area contributed by atoms with Gasteiger partial charge in [0.25, 0.3) is 15.9 Å². The second-order valence-corrected chi connectivity index (χ2v) is 10.6. The molecule has 0 spiro atoms. The van der Waals surface area contributed by atoms with Gasteiger partial charge in [-0.3, -0.25) is 9.79 Å². The summed E-state index contributed by atoms with van der Waals surface area (Å²) in [5.74, 6) is -0.687.